The van der Waals surface area contributed by atoms with Crippen LogP contribution in [0.2, 0.25) is 0 Å². The first kappa shape index (κ1) is 22.3. The maximum Gasteiger partial charge on any atom is 0.270 e. The molecule has 0 fully saturated rings. The van der Waals surface area contributed by atoms with Crippen molar-refractivity contribution < 1.29 is 18.1 Å². The van der Waals surface area contributed by atoms with Crippen LogP contribution in [0.25, 0.3) is 6.08 Å². The molecule has 0 saturated heterocycles. The molecule has 9 heteroatoms. The van der Waals surface area contributed by atoms with Gasteiger partial charge < -0.3 is 5.32 Å². The molecule has 0 atom stereocenters. The third-order valence-electron chi connectivity index (χ3n) is 3.84. The minimum Gasteiger partial charge on any atom is -0.348 e. The van der Waals surface area contributed by atoms with Gasteiger partial charge in [0.25, 0.3) is 5.69 Å². The van der Waals surface area contributed by atoms with E-state index in [1.54, 1.807) is 44.2 Å². The lowest BCUT2D eigenvalue weighted by Gasteiger charge is -2.13. The number of nitrogens with zero attached hydrogens (tertiary/aromatic N) is 1. The van der Waals surface area contributed by atoms with E-state index in [9.17, 15) is 23.3 Å². The SMILES string of the molecule is CC(C)NS(=O)(=O)Cc1ccccc1CNC(=O)/C=C/c1cccc([N+](=O)[O-])c1. The molecule has 0 heterocycles. The Labute approximate surface area is 169 Å². The maximum absolute atomic E-state index is 12.2. The number of nitro benzene ring substituents is 1. The van der Waals surface area contributed by atoms with Crippen molar-refractivity contribution in [1.82, 2.24) is 10.0 Å². The zero-order chi connectivity index (χ0) is 21.4. The van der Waals surface area contributed by atoms with E-state index in [1.165, 1.54) is 30.4 Å². The Hall–Kier alpha value is -3.04. The van der Waals surface area contributed by atoms with Crippen molar-refractivity contribution in [3.8, 4) is 0 Å². The number of carbonyl (C=O) groups excluding carboxylic acids is 1. The van der Waals surface area contributed by atoms with Crippen molar-refractivity contribution in [3.63, 3.8) is 0 Å². The summed E-state index contributed by atoms with van der Waals surface area (Å²) >= 11 is 0. The normalized spacial score (nSPS) is 11.7. The number of hydrogen-bond donors (Lipinski definition) is 2. The number of nitrogens with one attached hydrogen (secondary N) is 2. The molecule has 2 aromatic carbocycles. The molecule has 0 bridgehead atoms. The van der Waals surface area contributed by atoms with Gasteiger partial charge in [-0.05, 0) is 36.6 Å². The lowest BCUT2D eigenvalue weighted by molar-refractivity contribution is -0.384. The van der Waals surface area contributed by atoms with Crippen LogP contribution >= 0.6 is 0 Å². The number of benzene rings is 2. The van der Waals surface area contributed by atoms with Crippen LogP contribution in [0.15, 0.2) is 54.6 Å². The number of rotatable bonds is 9. The van der Waals surface area contributed by atoms with Gasteiger partial charge in [0.2, 0.25) is 15.9 Å². The average Bonchev–Trinajstić information content (AvgIpc) is 2.64. The molecule has 1 amide bonds. The second-order valence-corrected chi connectivity index (χ2v) is 8.46. The summed E-state index contributed by atoms with van der Waals surface area (Å²) < 4.78 is 26.9. The summed E-state index contributed by atoms with van der Waals surface area (Å²) in [4.78, 5) is 22.4. The first-order valence-corrected chi connectivity index (χ1v) is 10.6. The Morgan fingerprint density at radius 3 is 2.48 bits per heavy atom. The molecular weight excluding hydrogens is 394 g/mol. The summed E-state index contributed by atoms with van der Waals surface area (Å²) in [5.74, 6) is -0.574. The standard InChI is InChI=1S/C20H23N3O5S/c1-15(2)22-29(27,28)14-18-8-4-3-7-17(18)13-21-20(24)11-10-16-6-5-9-19(12-16)23(25)26/h3-12,15,22H,13-14H2,1-2H3,(H,21,24)/b11-10+. The second kappa shape index (κ2) is 9.94. The molecule has 29 heavy (non-hydrogen) atoms. The molecule has 0 aliphatic rings. The van der Waals surface area contributed by atoms with Crippen molar-refractivity contribution >= 4 is 27.7 Å². The summed E-state index contributed by atoms with van der Waals surface area (Å²) in [5, 5.41) is 13.5. The molecule has 154 valence electrons. The minimum atomic E-state index is -3.48. The van der Waals surface area contributed by atoms with E-state index in [1.807, 2.05) is 0 Å². The van der Waals surface area contributed by atoms with Gasteiger partial charge >= 0.3 is 0 Å². The zero-order valence-corrected chi connectivity index (χ0v) is 17.0. The van der Waals surface area contributed by atoms with Crippen LogP contribution in [0.5, 0.6) is 0 Å². The van der Waals surface area contributed by atoms with Crippen LogP contribution in [0.3, 0.4) is 0 Å². The fraction of sp³-hybridized carbons (Fsp3) is 0.250. The highest BCUT2D eigenvalue weighted by Gasteiger charge is 2.15. The first-order chi connectivity index (χ1) is 13.7. The van der Waals surface area contributed by atoms with Gasteiger partial charge in [-0.25, -0.2) is 13.1 Å². The number of carbonyl (C=O) groups is 1. The van der Waals surface area contributed by atoms with E-state index in [-0.39, 0.29) is 24.0 Å². The number of hydrogen-bond acceptors (Lipinski definition) is 5. The quantitative estimate of drug-likeness (QED) is 0.369. The van der Waals surface area contributed by atoms with Crippen LogP contribution in [-0.4, -0.2) is 25.3 Å². The largest absolute Gasteiger partial charge is 0.348 e. The van der Waals surface area contributed by atoms with Crippen LogP contribution in [0, 0.1) is 10.1 Å². The lowest BCUT2D eigenvalue weighted by atomic mass is 10.1. The molecule has 0 spiro atoms. The predicted molar refractivity (Wildman–Crippen MR) is 111 cm³/mol. The molecule has 0 saturated carbocycles. The van der Waals surface area contributed by atoms with Gasteiger partial charge in [0, 0.05) is 30.8 Å². The molecule has 0 aliphatic heterocycles. The zero-order valence-electron chi connectivity index (χ0n) is 16.2. The van der Waals surface area contributed by atoms with Gasteiger partial charge in [-0.1, -0.05) is 36.4 Å². The molecule has 8 nitrogen and oxygen atoms in total. The molecule has 2 aromatic rings. The monoisotopic (exact) mass is 417 g/mol. The van der Waals surface area contributed by atoms with Gasteiger partial charge in [-0.2, -0.15) is 0 Å². The molecule has 0 aromatic heterocycles. The number of non-ortho nitro benzene ring substituents is 1. The van der Waals surface area contributed by atoms with Crippen LogP contribution in [-0.2, 0) is 27.1 Å². The van der Waals surface area contributed by atoms with Crippen molar-refractivity contribution in [1.29, 1.82) is 0 Å². The summed E-state index contributed by atoms with van der Waals surface area (Å²) in [6, 6.07) is 12.7. The van der Waals surface area contributed by atoms with Gasteiger partial charge in [-0.15, -0.1) is 0 Å². The summed E-state index contributed by atoms with van der Waals surface area (Å²) in [6.45, 7) is 3.65. The Morgan fingerprint density at radius 1 is 1.14 bits per heavy atom. The highest BCUT2D eigenvalue weighted by atomic mass is 32.2. The van der Waals surface area contributed by atoms with Crippen LogP contribution in [0.1, 0.15) is 30.5 Å². The Balaban J connectivity index is 2.02. The van der Waals surface area contributed by atoms with Gasteiger partial charge in [0.1, 0.15) is 0 Å². The minimum absolute atomic E-state index is 0.0577. The molecule has 0 radical (unpaired) electrons. The Bertz CT molecular complexity index is 1020. The van der Waals surface area contributed by atoms with Crippen LogP contribution < -0.4 is 10.0 Å². The first-order valence-electron chi connectivity index (χ1n) is 8.93. The predicted octanol–water partition coefficient (Wildman–Crippen LogP) is 2.75. The highest BCUT2D eigenvalue weighted by Crippen LogP contribution is 2.15. The van der Waals surface area contributed by atoms with Crippen molar-refractivity contribution in [2.24, 2.45) is 0 Å². The molecule has 2 N–H and O–H groups in total. The van der Waals surface area contributed by atoms with Crippen molar-refractivity contribution in [2.45, 2.75) is 32.2 Å². The van der Waals surface area contributed by atoms with Crippen molar-refractivity contribution in [3.05, 3.63) is 81.4 Å². The average molecular weight is 417 g/mol. The molecule has 2 rings (SSSR count). The number of nitro groups is 1. The fourth-order valence-electron chi connectivity index (χ4n) is 2.63. The third kappa shape index (κ3) is 7.47. The van der Waals surface area contributed by atoms with E-state index >= 15 is 0 Å². The lowest BCUT2D eigenvalue weighted by Crippen LogP contribution is -2.31. The summed E-state index contributed by atoms with van der Waals surface area (Å²) in [7, 11) is -3.48. The van der Waals surface area contributed by atoms with E-state index in [0.29, 0.717) is 16.7 Å². The number of amides is 1. The van der Waals surface area contributed by atoms with Gasteiger partial charge in [0.05, 0.1) is 10.7 Å². The maximum atomic E-state index is 12.2. The molecule has 0 aliphatic carbocycles. The van der Waals surface area contributed by atoms with Gasteiger partial charge in [0.15, 0.2) is 0 Å². The van der Waals surface area contributed by atoms with Crippen LogP contribution in [0.4, 0.5) is 5.69 Å². The Kier molecular flexibility index (Phi) is 7.63. The summed E-state index contributed by atoms with van der Waals surface area (Å²) in [6.07, 6.45) is 2.75. The molecular formula is C20H23N3O5S. The highest BCUT2D eigenvalue weighted by molar-refractivity contribution is 7.88. The van der Waals surface area contributed by atoms with Gasteiger partial charge in [-0.3, -0.25) is 14.9 Å². The van der Waals surface area contributed by atoms with E-state index in [2.05, 4.69) is 10.0 Å². The van der Waals surface area contributed by atoms with E-state index < -0.39 is 20.9 Å². The fourth-order valence-corrected chi connectivity index (χ4v) is 4.12. The topological polar surface area (TPSA) is 118 Å². The van der Waals surface area contributed by atoms with E-state index in [0.717, 1.165) is 0 Å². The van der Waals surface area contributed by atoms with Crippen molar-refractivity contribution in [2.75, 3.05) is 0 Å². The number of sulfonamides is 1. The Morgan fingerprint density at radius 2 is 1.83 bits per heavy atom. The second-order valence-electron chi connectivity index (χ2n) is 6.70. The molecule has 0 unspecified atom stereocenters. The third-order valence-corrected chi connectivity index (χ3v) is 5.36. The summed E-state index contributed by atoms with van der Waals surface area (Å²) in [5.41, 5.74) is 1.76. The smallest absolute Gasteiger partial charge is 0.270 e. The van der Waals surface area contributed by atoms with E-state index in [4.69, 9.17) is 0 Å².